The van der Waals surface area contributed by atoms with Crippen molar-refractivity contribution in [3.05, 3.63) is 53.3 Å². The zero-order valence-electron chi connectivity index (χ0n) is 13.0. The van der Waals surface area contributed by atoms with E-state index in [9.17, 15) is 4.79 Å². The Bertz CT molecular complexity index is 714. The number of amides is 2. The molecule has 1 heterocycles. The van der Waals surface area contributed by atoms with Crippen LogP contribution in [0.1, 0.15) is 35.7 Å². The molecule has 2 aromatic rings. The fraction of sp³-hybridized carbons (Fsp3) is 0.333. The molecule has 2 N–H and O–H groups in total. The Morgan fingerprint density at radius 1 is 1.39 bits per heavy atom. The Morgan fingerprint density at radius 2 is 2.22 bits per heavy atom. The molecule has 5 nitrogen and oxygen atoms in total. The number of hydrogen-bond donors (Lipinski definition) is 2. The third-order valence-electron chi connectivity index (χ3n) is 4.09. The van der Waals surface area contributed by atoms with Crippen molar-refractivity contribution >= 4 is 6.03 Å². The molecule has 0 saturated heterocycles. The molecule has 1 aliphatic carbocycles. The normalized spacial score (nSPS) is 16.2. The number of urea groups is 1. The second kappa shape index (κ2) is 7.01. The Balaban J connectivity index is 1.73. The van der Waals surface area contributed by atoms with Crippen molar-refractivity contribution in [2.24, 2.45) is 0 Å². The lowest BCUT2D eigenvalue weighted by atomic mass is 9.93. The fourth-order valence-electron chi connectivity index (χ4n) is 3.00. The van der Waals surface area contributed by atoms with Gasteiger partial charge in [-0.25, -0.2) is 4.79 Å². The first-order valence-electron chi connectivity index (χ1n) is 7.84. The van der Waals surface area contributed by atoms with Crippen LogP contribution in [0.4, 0.5) is 4.79 Å². The van der Waals surface area contributed by atoms with Crippen LogP contribution in [0.5, 0.6) is 0 Å². The van der Waals surface area contributed by atoms with E-state index < -0.39 is 0 Å². The number of hydrogen-bond acceptors (Lipinski definition) is 2. The number of nitrogens with zero attached hydrogens (tertiary/aromatic N) is 2. The van der Waals surface area contributed by atoms with Crippen molar-refractivity contribution in [2.45, 2.75) is 31.8 Å². The first kappa shape index (κ1) is 15.2. The molecule has 0 spiro atoms. The predicted octanol–water partition coefficient (Wildman–Crippen LogP) is 2.24. The summed E-state index contributed by atoms with van der Waals surface area (Å²) in [5.41, 5.74) is 3.55. The van der Waals surface area contributed by atoms with Gasteiger partial charge in [-0.15, -0.1) is 6.42 Å². The van der Waals surface area contributed by atoms with Gasteiger partial charge < -0.3 is 10.6 Å². The van der Waals surface area contributed by atoms with Gasteiger partial charge in [0.25, 0.3) is 0 Å². The van der Waals surface area contributed by atoms with E-state index in [1.54, 1.807) is 0 Å². The topological polar surface area (TPSA) is 59.0 Å². The summed E-state index contributed by atoms with van der Waals surface area (Å²) in [4.78, 5) is 11.8. The molecule has 1 aromatic heterocycles. The van der Waals surface area contributed by atoms with Gasteiger partial charge in [0.2, 0.25) is 0 Å². The van der Waals surface area contributed by atoms with Gasteiger partial charge in [0.05, 0.1) is 25.3 Å². The van der Waals surface area contributed by atoms with Crippen LogP contribution >= 0.6 is 0 Å². The number of terminal acetylenes is 1. The number of nitrogens with one attached hydrogen (secondary N) is 2. The summed E-state index contributed by atoms with van der Waals surface area (Å²) in [5, 5.41) is 10.2. The standard InChI is InChI=1S/C18H20N4O/c1-2-11-19-18(23)21-16-9-6-10-17-15(16)12-20-22(17)13-14-7-4-3-5-8-14/h1,3-5,7-8,12,16H,6,9-11,13H2,(H2,19,21,23)/t16-/m0/s1. The molecular formula is C18H20N4O. The summed E-state index contributed by atoms with van der Waals surface area (Å²) in [5.74, 6) is 2.40. The lowest BCUT2D eigenvalue weighted by molar-refractivity contribution is 0.236. The van der Waals surface area contributed by atoms with Gasteiger partial charge in [-0.3, -0.25) is 4.68 Å². The second-order valence-corrected chi connectivity index (χ2v) is 5.67. The summed E-state index contributed by atoms with van der Waals surface area (Å²) in [6.45, 7) is 0.991. The van der Waals surface area contributed by atoms with Gasteiger partial charge in [-0.05, 0) is 24.8 Å². The largest absolute Gasteiger partial charge is 0.331 e. The quantitative estimate of drug-likeness (QED) is 0.851. The number of rotatable bonds is 4. The molecule has 0 radical (unpaired) electrons. The number of carbonyl (C=O) groups is 1. The molecule has 0 fully saturated rings. The van der Waals surface area contributed by atoms with Crippen molar-refractivity contribution in [1.29, 1.82) is 0 Å². The second-order valence-electron chi connectivity index (χ2n) is 5.67. The number of fused-ring (bicyclic) bond motifs is 1. The van der Waals surface area contributed by atoms with Gasteiger partial charge in [-0.1, -0.05) is 36.3 Å². The average molecular weight is 308 g/mol. The Kier molecular flexibility index (Phi) is 4.62. The number of aromatic nitrogens is 2. The SMILES string of the molecule is C#CCNC(=O)N[C@H]1CCCc2c1cnn2Cc1ccccc1. The van der Waals surface area contributed by atoms with Gasteiger partial charge >= 0.3 is 6.03 Å². The van der Waals surface area contributed by atoms with Crippen LogP contribution in [0.2, 0.25) is 0 Å². The lowest BCUT2D eigenvalue weighted by Crippen LogP contribution is -2.39. The van der Waals surface area contributed by atoms with Crippen LogP contribution in [-0.2, 0) is 13.0 Å². The number of benzene rings is 1. The molecule has 0 bridgehead atoms. The number of carbonyl (C=O) groups excluding carboxylic acids is 1. The first-order chi connectivity index (χ1) is 11.3. The maximum atomic E-state index is 11.8. The minimum atomic E-state index is -0.225. The highest BCUT2D eigenvalue weighted by molar-refractivity contribution is 5.74. The first-order valence-corrected chi connectivity index (χ1v) is 7.84. The van der Waals surface area contributed by atoms with E-state index in [0.29, 0.717) is 0 Å². The maximum Gasteiger partial charge on any atom is 0.316 e. The van der Waals surface area contributed by atoms with Crippen LogP contribution in [0.3, 0.4) is 0 Å². The third-order valence-corrected chi connectivity index (χ3v) is 4.09. The molecule has 3 rings (SSSR count). The highest BCUT2D eigenvalue weighted by Gasteiger charge is 2.25. The van der Waals surface area contributed by atoms with Crippen molar-refractivity contribution in [1.82, 2.24) is 20.4 Å². The fourth-order valence-corrected chi connectivity index (χ4v) is 3.00. The van der Waals surface area contributed by atoms with E-state index in [2.05, 4.69) is 33.8 Å². The smallest absolute Gasteiger partial charge is 0.316 e. The molecule has 1 aromatic carbocycles. The zero-order chi connectivity index (χ0) is 16.1. The van der Waals surface area contributed by atoms with Crippen molar-refractivity contribution < 1.29 is 4.79 Å². The molecule has 1 aliphatic rings. The molecule has 0 unspecified atom stereocenters. The van der Waals surface area contributed by atoms with Crippen LogP contribution in [0, 0.1) is 12.3 Å². The van der Waals surface area contributed by atoms with Gasteiger partial charge in [0.15, 0.2) is 0 Å². The van der Waals surface area contributed by atoms with E-state index in [-0.39, 0.29) is 18.6 Å². The molecule has 0 aliphatic heterocycles. The summed E-state index contributed by atoms with van der Waals surface area (Å²) >= 11 is 0. The van der Waals surface area contributed by atoms with Gasteiger partial charge in [-0.2, -0.15) is 5.10 Å². The van der Waals surface area contributed by atoms with Crippen molar-refractivity contribution in [3.63, 3.8) is 0 Å². The lowest BCUT2D eigenvalue weighted by Gasteiger charge is -2.24. The van der Waals surface area contributed by atoms with Gasteiger partial charge in [0.1, 0.15) is 0 Å². The van der Waals surface area contributed by atoms with E-state index in [0.717, 1.165) is 31.4 Å². The molecule has 0 saturated carbocycles. The van der Waals surface area contributed by atoms with E-state index >= 15 is 0 Å². The van der Waals surface area contributed by atoms with Crippen LogP contribution in [-0.4, -0.2) is 22.4 Å². The molecule has 1 atom stereocenters. The molecule has 23 heavy (non-hydrogen) atoms. The molecule has 5 heteroatoms. The van der Waals surface area contributed by atoms with Crippen molar-refractivity contribution in [3.8, 4) is 12.3 Å². The van der Waals surface area contributed by atoms with E-state index in [1.807, 2.05) is 29.1 Å². The third kappa shape index (κ3) is 3.54. The average Bonchev–Trinajstić information content (AvgIpc) is 2.98. The van der Waals surface area contributed by atoms with E-state index in [4.69, 9.17) is 6.42 Å². The van der Waals surface area contributed by atoms with Crippen LogP contribution in [0.25, 0.3) is 0 Å². The Labute approximate surface area is 136 Å². The Morgan fingerprint density at radius 3 is 3.00 bits per heavy atom. The van der Waals surface area contributed by atoms with Crippen LogP contribution in [0.15, 0.2) is 36.5 Å². The molecular weight excluding hydrogens is 288 g/mol. The van der Waals surface area contributed by atoms with E-state index in [1.165, 1.54) is 11.3 Å². The minimum absolute atomic E-state index is 0.000970. The minimum Gasteiger partial charge on any atom is -0.331 e. The monoisotopic (exact) mass is 308 g/mol. The van der Waals surface area contributed by atoms with Gasteiger partial charge in [0, 0.05) is 11.3 Å². The highest BCUT2D eigenvalue weighted by Crippen LogP contribution is 2.29. The highest BCUT2D eigenvalue weighted by atomic mass is 16.2. The summed E-state index contributed by atoms with van der Waals surface area (Å²) in [7, 11) is 0. The maximum absolute atomic E-state index is 11.8. The summed E-state index contributed by atoms with van der Waals surface area (Å²) in [6.07, 6.45) is 9.99. The molecule has 118 valence electrons. The zero-order valence-corrected chi connectivity index (χ0v) is 13.0. The summed E-state index contributed by atoms with van der Waals surface area (Å²) < 4.78 is 2.04. The van der Waals surface area contributed by atoms with Crippen LogP contribution < -0.4 is 10.6 Å². The predicted molar refractivity (Wildman–Crippen MR) is 88.8 cm³/mol. The molecule has 2 amide bonds. The Hall–Kier alpha value is -2.74. The van der Waals surface area contributed by atoms with Crippen molar-refractivity contribution in [2.75, 3.05) is 6.54 Å². The summed E-state index contributed by atoms with van der Waals surface area (Å²) in [6, 6.07) is 10.0.